The third kappa shape index (κ3) is 9.81. The van der Waals surface area contributed by atoms with E-state index in [1.807, 2.05) is 110 Å². The molecule has 51 heavy (non-hydrogen) atoms. The van der Waals surface area contributed by atoms with Gasteiger partial charge in [-0.25, -0.2) is 9.59 Å². The number of aryl methyl sites for hydroxylation is 1. The van der Waals surface area contributed by atoms with E-state index in [2.05, 4.69) is 20.8 Å². The topological polar surface area (TPSA) is 132 Å². The molecule has 0 spiro atoms. The molecular formula is C39H40N4O6S2. The number of carbonyl (C=O) groups excluding carboxylic acids is 2. The first-order valence-corrected chi connectivity index (χ1v) is 18.5. The second kappa shape index (κ2) is 17.6. The summed E-state index contributed by atoms with van der Waals surface area (Å²) >= 11 is 3.21. The minimum absolute atomic E-state index is 0.0125. The lowest BCUT2D eigenvalue weighted by atomic mass is 9.98. The first-order valence-electron chi connectivity index (χ1n) is 16.7. The Morgan fingerprint density at radius 2 is 1.65 bits per heavy atom. The van der Waals surface area contributed by atoms with Crippen molar-refractivity contribution in [2.45, 2.75) is 61.8 Å². The van der Waals surface area contributed by atoms with Crippen LogP contribution >= 0.6 is 23.1 Å². The minimum atomic E-state index is -0.823. The summed E-state index contributed by atoms with van der Waals surface area (Å²) < 4.78 is 18.9. The van der Waals surface area contributed by atoms with E-state index < -0.39 is 24.3 Å². The summed E-state index contributed by atoms with van der Waals surface area (Å²) in [6, 6.07) is 32.0. The van der Waals surface area contributed by atoms with Crippen molar-refractivity contribution in [3.63, 3.8) is 0 Å². The van der Waals surface area contributed by atoms with Gasteiger partial charge in [-0.3, -0.25) is 0 Å². The molecular weight excluding hydrogens is 685 g/mol. The number of ether oxygens (including phenoxy) is 3. The highest BCUT2D eigenvalue weighted by Crippen LogP contribution is 2.40. The summed E-state index contributed by atoms with van der Waals surface area (Å²) in [5, 5.41) is 24.5. The van der Waals surface area contributed by atoms with Crippen LogP contribution in [0.2, 0.25) is 0 Å². The monoisotopic (exact) mass is 724 g/mol. The zero-order chi connectivity index (χ0) is 35.6. The lowest BCUT2D eigenvalue weighted by Crippen LogP contribution is -2.47. The van der Waals surface area contributed by atoms with Gasteiger partial charge in [-0.15, -0.1) is 10.2 Å². The number of aromatic nitrogens is 2. The lowest BCUT2D eigenvalue weighted by Gasteiger charge is -2.36. The molecule has 4 aromatic carbocycles. The highest BCUT2D eigenvalue weighted by Gasteiger charge is 2.32. The third-order valence-electron chi connectivity index (χ3n) is 8.54. The Balaban J connectivity index is 1.13. The number of carbonyl (C=O) groups is 2. The quantitative estimate of drug-likeness (QED) is 0.0874. The normalized spacial score (nSPS) is 17.7. The molecule has 10 nitrogen and oxygen atoms in total. The Morgan fingerprint density at radius 1 is 0.922 bits per heavy atom. The van der Waals surface area contributed by atoms with Crippen molar-refractivity contribution in [1.82, 2.24) is 20.8 Å². The maximum atomic E-state index is 12.9. The largest absolute Gasteiger partial charge is 0.467 e. The number of hydrogen-bond donors (Lipinski definition) is 3. The zero-order valence-corrected chi connectivity index (χ0v) is 30.0. The molecule has 6 rings (SSSR count). The van der Waals surface area contributed by atoms with Crippen LogP contribution in [0.15, 0.2) is 107 Å². The Labute approximate surface area is 305 Å². The van der Waals surface area contributed by atoms with Gasteiger partial charge in [0, 0.05) is 30.7 Å². The third-order valence-corrected chi connectivity index (χ3v) is 10.6. The van der Waals surface area contributed by atoms with Crippen LogP contribution in [0.3, 0.4) is 0 Å². The Hall–Kier alpha value is -4.59. The summed E-state index contributed by atoms with van der Waals surface area (Å²) in [7, 11) is 1.31. The molecule has 0 saturated carbocycles. The fourth-order valence-corrected chi connectivity index (χ4v) is 7.73. The molecule has 0 aliphatic carbocycles. The van der Waals surface area contributed by atoms with E-state index in [1.165, 1.54) is 7.11 Å². The van der Waals surface area contributed by atoms with Crippen molar-refractivity contribution in [2.24, 2.45) is 0 Å². The van der Waals surface area contributed by atoms with Crippen molar-refractivity contribution in [1.29, 1.82) is 0 Å². The predicted molar refractivity (Wildman–Crippen MR) is 197 cm³/mol. The lowest BCUT2D eigenvalue weighted by molar-refractivity contribution is -0.245. The van der Waals surface area contributed by atoms with Gasteiger partial charge in [0.05, 0.1) is 25.9 Å². The zero-order valence-electron chi connectivity index (χ0n) is 28.4. The Morgan fingerprint density at radius 3 is 2.35 bits per heavy atom. The van der Waals surface area contributed by atoms with E-state index in [-0.39, 0.29) is 25.4 Å². The molecule has 1 aliphatic heterocycles. The number of benzene rings is 4. The van der Waals surface area contributed by atoms with Crippen LogP contribution in [-0.4, -0.2) is 52.3 Å². The number of hydrogen-bond acceptors (Lipinski definition) is 10. The van der Waals surface area contributed by atoms with Crippen LogP contribution in [0.4, 0.5) is 4.79 Å². The average Bonchev–Trinajstić information content (AvgIpc) is 3.61. The molecule has 264 valence electrons. The van der Waals surface area contributed by atoms with Crippen molar-refractivity contribution in [3.05, 3.63) is 136 Å². The van der Waals surface area contributed by atoms with Crippen molar-refractivity contribution in [3.8, 4) is 11.1 Å². The van der Waals surface area contributed by atoms with Crippen LogP contribution < -0.4 is 10.6 Å². The highest BCUT2D eigenvalue weighted by molar-refractivity contribution is 8.01. The molecule has 4 atom stereocenters. The summed E-state index contributed by atoms with van der Waals surface area (Å²) in [5.74, 6) is 0.196. The van der Waals surface area contributed by atoms with E-state index in [1.54, 1.807) is 23.1 Å². The van der Waals surface area contributed by atoms with Gasteiger partial charge in [0.1, 0.15) is 11.0 Å². The molecule has 1 aliphatic rings. The molecule has 1 fully saturated rings. The van der Waals surface area contributed by atoms with Crippen molar-refractivity contribution in [2.75, 3.05) is 12.9 Å². The number of thioether (sulfide) groups is 1. The summed E-state index contributed by atoms with van der Waals surface area (Å²) in [6.45, 7) is 2.18. The second-order valence-electron chi connectivity index (χ2n) is 12.1. The van der Waals surface area contributed by atoms with Crippen molar-refractivity contribution < 1.29 is 28.9 Å². The standard InChI is InChI=1S/C39H40N4O6S2/c1-25-42-43-39(51-25)50-24-32-21-35(29-14-12-27(23-44)13-15-29)49-37(48-32)30-18-16-28(17-19-30)33-11-7-6-10-31(33)22-40-38(46)41-34(36(45)47-2)20-26-8-4-3-5-9-26/h3-19,32,34-35,37,44H,20-24H2,1-2H3,(H2,40,41,46)/t32-,34+,35+,37+/m1/s1. The smallest absolute Gasteiger partial charge is 0.328 e. The van der Waals surface area contributed by atoms with Gasteiger partial charge < -0.3 is 30.0 Å². The van der Waals surface area contributed by atoms with E-state index in [4.69, 9.17) is 14.2 Å². The van der Waals surface area contributed by atoms with Crippen LogP contribution in [0, 0.1) is 6.92 Å². The molecule has 0 bridgehead atoms. The van der Waals surface area contributed by atoms with Gasteiger partial charge in [0.15, 0.2) is 10.6 Å². The minimum Gasteiger partial charge on any atom is -0.467 e. The number of aliphatic hydroxyl groups excluding tert-OH is 1. The van der Waals surface area contributed by atoms with Gasteiger partial charge in [-0.2, -0.15) is 0 Å². The average molecular weight is 725 g/mol. The van der Waals surface area contributed by atoms with Crippen molar-refractivity contribution >= 4 is 35.1 Å². The van der Waals surface area contributed by atoms with Crippen LogP contribution in [0.1, 0.15) is 51.6 Å². The first kappa shape index (κ1) is 36.2. The molecule has 2 heterocycles. The first-order chi connectivity index (χ1) is 24.9. The molecule has 0 unspecified atom stereocenters. The van der Waals surface area contributed by atoms with Gasteiger partial charge in [-0.05, 0) is 40.3 Å². The molecule has 0 radical (unpaired) electrons. The van der Waals surface area contributed by atoms with Gasteiger partial charge in [0.25, 0.3) is 0 Å². The number of aliphatic hydroxyl groups is 1. The number of nitrogens with zero attached hydrogens (tertiary/aromatic N) is 2. The number of amides is 2. The van der Waals surface area contributed by atoms with E-state index in [9.17, 15) is 14.7 Å². The molecule has 5 aromatic rings. The van der Waals surface area contributed by atoms with Crippen LogP contribution in [0.5, 0.6) is 0 Å². The fourth-order valence-electron chi connectivity index (χ4n) is 5.87. The highest BCUT2D eigenvalue weighted by atomic mass is 32.2. The molecule has 2 amide bonds. The van der Waals surface area contributed by atoms with Gasteiger partial charge in [-0.1, -0.05) is 126 Å². The number of rotatable bonds is 13. The summed E-state index contributed by atoms with van der Waals surface area (Å²) in [5.41, 5.74) is 6.53. The van der Waals surface area contributed by atoms with E-state index >= 15 is 0 Å². The summed E-state index contributed by atoms with van der Waals surface area (Å²) in [6.07, 6.45) is 0.124. The van der Waals surface area contributed by atoms with Crippen LogP contribution in [-0.2, 0) is 38.6 Å². The number of nitrogens with one attached hydrogen (secondary N) is 2. The number of methoxy groups -OCH3 is 1. The Bertz CT molecular complexity index is 1890. The Kier molecular flexibility index (Phi) is 12.5. The molecule has 1 aromatic heterocycles. The van der Waals surface area contributed by atoms with Gasteiger partial charge >= 0.3 is 12.0 Å². The van der Waals surface area contributed by atoms with E-state index in [0.717, 1.165) is 48.3 Å². The number of esters is 1. The summed E-state index contributed by atoms with van der Waals surface area (Å²) in [4.78, 5) is 25.4. The maximum Gasteiger partial charge on any atom is 0.328 e. The second-order valence-corrected chi connectivity index (χ2v) is 14.6. The SMILES string of the molecule is COC(=O)[C@H](Cc1ccccc1)NC(=O)NCc1ccccc1-c1ccc([C@H]2O[C@@H](CSc3nnc(C)s3)C[C@@H](c3ccc(CO)cc3)O2)cc1. The van der Waals surface area contributed by atoms with Crippen LogP contribution in [0.25, 0.3) is 11.1 Å². The molecule has 3 N–H and O–H groups in total. The van der Waals surface area contributed by atoms with Gasteiger partial charge in [0.2, 0.25) is 0 Å². The molecule has 12 heteroatoms. The fraction of sp³-hybridized carbons (Fsp3) is 0.282. The molecule has 1 saturated heterocycles. The predicted octanol–water partition coefficient (Wildman–Crippen LogP) is 6.93. The number of urea groups is 1. The van der Waals surface area contributed by atoms with E-state index in [0.29, 0.717) is 18.6 Å². The maximum absolute atomic E-state index is 12.9.